The van der Waals surface area contributed by atoms with Crippen molar-refractivity contribution in [3.05, 3.63) is 53.8 Å². The van der Waals surface area contributed by atoms with Crippen molar-refractivity contribution >= 4 is 21.6 Å². The quantitative estimate of drug-likeness (QED) is 0.796. The summed E-state index contributed by atoms with van der Waals surface area (Å²) >= 11 is 0. The first-order chi connectivity index (χ1) is 9.77. The third-order valence-electron chi connectivity index (χ3n) is 2.65. The smallest absolute Gasteiger partial charge is 0.259 e. The molecular formula is C13H11FN2O4S. The maximum absolute atomic E-state index is 12.8. The van der Waals surface area contributed by atoms with E-state index in [9.17, 15) is 22.7 Å². The Kier molecular flexibility index (Phi) is 3.92. The molecular weight excluding hydrogens is 299 g/mol. The van der Waals surface area contributed by atoms with Crippen LogP contribution in [0.1, 0.15) is 10.4 Å². The highest BCUT2D eigenvalue weighted by Crippen LogP contribution is 2.20. The second-order valence-corrected chi connectivity index (χ2v) is 5.75. The van der Waals surface area contributed by atoms with Crippen LogP contribution in [0.3, 0.4) is 0 Å². The number of sulfonamides is 1. The highest BCUT2D eigenvalue weighted by molar-refractivity contribution is 7.89. The minimum absolute atomic E-state index is 0.0925. The van der Waals surface area contributed by atoms with Gasteiger partial charge < -0.3 is 10.4 Å². The van der Waals surface area contributed by atoms with Crippen LogP contribution in [0.4, 0.5) is 10.1 Å². The predicted molar refractivity (Wildman–Crippen MR) is 73.8 cm³/mol. The van der Waals surface area contributed by atoms with E-state index in [4.69, 9.17) is 5.14 Å². The van der Waals surface area contributed by atoms with Gasteiger partial charge in [-0.05, 0) is 36.4 Å². The molecule has 4 N–H and O–H groups in total. The highest BCUT2D eigenvalue weighted by Gasteiger charge is 2.13. The van der Waals surface area contributed by atoms with Crippen molar-refractivity contribution < 1.29 is 22.7 Å². The van der Waals surface area contributed by atoms with Crippen LogP contribution < -0.4 is 10.5 Å². The number of primary sulfonamides is 1. The molecule has 0 aromatic heterocycles. The first kappa shape index (κ1) is 14.9. The van der Waals surface area contributed by atoms with Crippen molar-refractivity contribution in [1.29, 1.82) is 0 Å². The van der Waals surface area contributed by atoms with Gasteiger partial charge in [0.25, 0.3) is 5.91 Å². The summed E-state index contributed by atoms with van der Waals surface area (Å²) in [5.74, 6) is -1.81. The standard InChI is InChI=1S/C13H11FN2O4S/c14-8-1-6-11(12(17)7-8)13(18)16-9-2-4-10(5-3-9)21(15,19)20/h1-7,17H,(H,16,18)(H2,15,19,20). The van der Waals surface area contributed by atoms with E-state index in [1.165, 1.54) is 24.3 Å². The molecule has 110 valence electrons. The Labute approximate surface area is 120 Å². The van der Waals surface area contributed by atoms with Crippen LogP contribution in [0, 0.1) is 5.82 Å². The maximum atomic E-state index is 12.8. The topological polar surface area (TPSA) is 109 Å². The van der Waals surface area contributed by atoms with E-state index in [1.54, 1.807) is 0 Å². The maximum Gasteiger partial charge on any atom is 0.259 e. The van der Waals surface area contributed by atoms with Crippen LogP contribution in [0.15, 0.2) is 47.4 Å². The van der Waals surface area contributed by atoms with Gasteiger partial charge in [0.15, 0.2) is 0 Å². The number of carbonyl (C=O) groups is 1. The van der Waals surface area contributed by atoms with Gasteiger partial charge in [-0.3, -0.25) is 4.79 Å². The number of rotatable bonds is 3. The van der Waals surface area contributed by atoms with Gasteiger partial charge in [0, 0.05) is 11.8 Å². The Balaban J connectivity index is 2.20. The zero-order valence-corrected chi connectivity index (χ0v) is 11.4. The molecule has 0 unspecified atom stereocenters. The number of nitrogens with two attached hydrogens (primary N) is 1. The van der Waals surface area contributed by atoms with Gasteiger partial charge in [0.2, 0.25) is 10.0 Å². The fourth-order valence-corrected chi connectivity index (χ4v) is 2.14. The van der Waals surface area contributed by atoms with Gasteiger partial charge in [-0.25, -0.2) is 17.9 Å². The first-order valence-corrected chi connectivity index (χ1v) is 7.25. The third kappa shape index (κ3) is 3.56. The van der Waals surface area contributed by atoms with Gasteiger partial charge in [-0.2, -0.15) is 0 Å². The molecule has 6 nitrogen and oxygen atoms in total. The molecule has 2 rings (SSSR count). The van der Waals surface area contributed by atoms with Crippen molar-refractivity contribution in [3.8, 4) is 5.75 Å². The summed E-state index contributed by atoms with van der Waals surface area (Å²) in [6.45, 7) is 0. The van der Waals surface area contributed by atoms with E-state index in [2.05, 4.69) is 5.32 Å². The molecule has 0 fully saturated rings. The van der Waals surface area contributed by atoms with Crippen LogP contribution in [0.2, 0.25) is 0 Å². The summed E-state index contributed by atoms with van der Waals surface area (Å²) in [6.07, 6.45) is 0. The van der Waals surface area contributed by atoms with Crippen LogP contribution in [-0.4, -0.2) is 19.4 Å². The number of phenolic OH excluding ortho intramolecular Hbond substituents is 1. The SMILES string of the molecule is NS(=O)(=O)c1ccc(NC(=O)c2ccc(F)cc2O)cc1. The summed E-state index contributed by atoms with van der Waals surface area (Å²) in [5.41, 5.74) is 0.197. The van der Waals surface area contributed by atoms with E-state index in [0.29, 0.717) is 5.69 Å². The summed E-state index contributed by atoms with van der Waals surface area (Å²) < 4.78 is 35.0. The number of halogens is 1. The number of amides is 1. The monoisotopic (exact) mass is 310 g/mol. The fraction of sp³-hybridized carbons (Fsp3) is 0. The Morgan fingerprint density at radius 2 is 1.76 bits per heavy atom. The second kappa shape index (κ2) is 5.51. The number of phenols is 1. The number of anilines is 1. The van der Waals surface area contributed by atoms with Gasteiger partial charge >= 0.3 is 0 Å². The molecule has 1 amide bonds. The van der Waals surface area contributed by atoms with E-state index in [0.717, 1.165) is 18.2 Å². The largest absolute Gasteiger partial charge is 0.507 e. The second-order valence-electron chi connectivity index (χ2n) is 4.18. The molecule has 0 radical (unpaired) electrons. The van der Waals surface area contributed by atoms with Gasteiger partial charge in [0.1, 0.15) is 11.6 Å². The summed E-state index contributed by atoms with van der Waals surface area (Å²) in [7, 11) is -3.81. The lowest BCUT2D eigenvalue weighted by molar-refractivity contribution is 0.102. The lowest BCUT2D eigenvalue weighted by Gasteiger charge is -2.07. The van der Waals surface area contributed by atoms with Crippen molar-refractivity contribution in [2.75, 3.05) is 5.32 Å². The minimum atomic E-state index is -3.81. The number of nitrogens with one attached hydrogen (secondary N) is 1. The first-order valence-electron chi connectivity index (χ1n) is 5.70. The molecule has 0 aliphatic heterocycles. The molecule has 0 atom stereocenters. The summed E-state index contributed by atoms with van der Waals surface area (Å²) in [5, 5.41) is 16.9. The van der Waals surface area contributed by atoms with Crippen LogP contribution in [0.25, 0.3) is 0 Å². The zero-order chi connectivity index (χ0) is 15.6. The summed E-state index contributed by atoms with van der Waals surface area (Å²) in [4.78, 5) is 11.8. The fourth-order valence-electron chi connectivity index (χ4n) is 1.62. The summed E-state index contributed by atoms with van der Waals surface area (Å²) in [6, 6.07) is 8.15. The number of aromatic hydroxyl groups is 1. The molecule has 8 heteroatoms. The van der Waals surface area contributed by atoms with Crippen molar-refractivity contribution in [3.63, 3.8) is 0 Å². The molecule has 0 aliphatic rings. The van der Waals surface area contributed by atoms with Gasteiger partial charge in [-0.1, -0.05) is 0 Å². The number of benzene rings is 2. The van der Waals surface area contributed by atoms with E-state index < -0.39 is 27.5 Å². The van der Waals surface area contributed by atoms with Crippen LogP contribution in [0.5, 0.6) is 5.75 Å². The Morgan fingerprint density at radius 3 is 2.29 bits per heavy atom. The van der Waals surface area contributed by atoms with Crippen molar-refractivity contribution in [1.82, 2.24) is 0 Å². The number of hydrogen-bond donors (Lipinski definition) is 3. The van der Waals surface area contributed by atoms with Gasteiger partial charge in [0.05, 0.1) is 10.5 Å². The normalized spacial score (nSPS) is 11.1. The van der Waals surface area contributed by atoms with E-state index in [-0.39, 0.29) is 10.5 Å². The molecule has 21 heavy (non-hydrogen) atoms. The van der Waals surface area contributed by atoms with Crippen LogP contribution >= 0.6 is 0 Å². The molecule has 0 aliphatic carbocycles. The Bertz CT molecular complexity index is 788. The van der Waals surface area contributed by atoms with Crippen molar-refractivity contribution in [2.45, 2.75) is 4.90 Å². The predicted octanol–water partition coefficient (Wildman–Crippen LogP) is 1.43. The van der Waals surface area contributed by atoms with Crippen molar-refractivity contribution in [2.24, 2.45) is 5.14 Å². The average molecular weight is 310 g/mol. The molecule has 0 saturated carbocycles. The zero-order valence-electron chi connectivity index (χ0n) is 10.6. The lowest BCUT2D eigenvalue weighted by Crippen LogP contribution is -2.14. The van der Waals surface area contributed by atoms with E-state index >= 15 is 0 Å². The molecule has 0 saturated heterocycles. The van der Waals surface area contributed by atoms with Crippen LogP contribution in [-0.2, 0) is 10.0 Å². The number of carbonyl (C=O) groups excluding carboxylic acids is 1. The minimum Gasteiger partial charge on any atom is -0.507 e. The molecule has 0 bridgehead atoms. The molecule has 0 heterocycles. The van der Waals surface area contributed by atoms with E-state index in [1.807, 2.05) is 0 Å². The Morgan fingerprint density at radius 1 is 1.14 bits per heavy atom. The average Bonchev–Trinajstić information content (AvgIpc) is 2.38. The number of hydrogen-bond acceptors (Lipinski definition) is 4. The molecule has 2 aromatic carbocycles. The Hall–Kier alpha value is -2.45. The highest BCUT2D eigenvalue weighted by atomic mass is 32.2. The lowest BCUT2D eigenvalue weighted by atomic mass is 10.2. The molecule has 0 spiro atoms. The third-order valence-corrected chi connectivity index (χ3v) is 3.57. The molecule has 2 aromatic rings. The van der Waals surface area contributed by atoms with Gasteiger partial charge in [-0.15, -0.1) is 0 Å².